The minimum atomic E-state index is -0.508. The Labute approximate surface area is 120 Å². The molecule has 6 nitrogen and oxygen atoms in total. The fraction of sp³-hybridized carbons (Fsp3) is 0.308. The fourth-order valence-corrected chi connectivity index (χ4v) is 2.49. The van der Waals surface area contributed by atoms with E-state index in [9.17, 15) is 14.4 Å². The number of thioether (sulfide) groups is 1. The Hall–Kier alpha value is -2.02. The highest BCUT2D eigenvalue weighted by Crippen LogP contribution is 2.18. The third-order valence-corrected chi connectivity index (χ3v) is 3.56. The number of benzene rings is 1. The van der Waals surface area contributed by atoms with Gasteiger partial charge in [-0.15, -0.1) is 0 Å². The van der Waals surface area contributed by atoms with Gasteiger partial charge in [0.2, 0.25) is 0 Å². The zero-order valence-electron chi connectivity index (χ0n) is 10.8. The van der Waals surface area contributed by atoms with Crippen LogP contribution in [0.3, 0.4) is 0 Å². The minimum absolute atomic E-state index is 0.0649. The second-order valence-electron chi connectivity index (χ2n) is 4.03. The van der Waals surface area contributed by atoms with Crippen LogP contribution >= 0.6 is 11.8 Å². The highest BCUT2D eigenvalue weighted by Gasteiger charge is 2.24. The van der Waals surface area contributed by atoms with Gasteiger partial charge in [0.15, 0.2) is 0 Å². The number of ether oxygens (including phenoxy) is 2. The number of methoxy groups -OCH3 is 1. The van der Waals surface area contributed by atoms with Crippen molar-refractivity contribution >= 4 is 28.9 Å². The molecule has 0 spiro atoms. The summed E-state index contributed by atoms with van der Waals surface area (Å²) in [5, 5.41) is -0.108. The molecule has 1 aliphatic rings. The zero-order chi connectivity index (χ0) is 14.5. The molecule has 0 atom stereocenters. The Kier molecular flexibility index (Phi) is 4.62. The van der Waals surface area contributed by atoms with E-state index in [0.717, 1.165) is 0 Å². The van der Waals surface area contributed by atoms with Crippen LogP contribution in [0.25, 0.3) is 0 Å². The van der Waals surface area contributed by atoms with Crippen LogP contribution in [0, 0.1) is 0 Å². The minimum Gasteiger partial charge on any atom is -0.465 e. The normalized spacial score (nSPS) is 14.2. The SMILES string of the molecule is COC(=O)c1ccc(OC(=O)CN2CCSC2=O)cc1. The Morgan fingerprint density at radius 2 is 2.00 bits per heavy atom. The molecule has 0 saturated carbocycles. The molecule has 0 N–H and O–H groups in total. The van der Waals surface area contributed by atoms with Gasteiger partial charge in [0.25, 0.3) is 5.24 Å². The van der Waals surface area contributed by atoms with E-state index in [4.69, 9.17) is 4.74 Å². The van der Waals surface area contributed by atoms with Crippen LogP contribution in [0.1, 0.15) is 10.4 Å². The molecule has 7 heteroatoms. The van der Waals surface area contributed by atoms with Crippen LogP contribution in [-0.4, -0.2) is 48.0 Å². The van der Waals surface area contributed by atoms with Crippen molar-refractivity contribution in [1.29, 1.82) is 0 Å². The van der Waals surface area contributed by atoms with Crippen molar-refractivity contribution in [3.63, 3.8) is 0 Å². The lowest BCUT2D eigenvalue weighted by molar-refractivity contribution is -0.134. The molecule has 0 radical (unpaired) electrons. The summed E-state index contributed by atoms with van der Waals surface area (Å²) in [5.41, 5.74) is 0.374. The second kappa shape index (κ2) is 6.42. The molecule has 106 valence electrons. The maximum absolute atomic E-state index is 11.7. The van der Waals surface area contributed by atoms with Crippen LogP contribution in [0.5, 0.6) is 5.75 Å². The van der Waals surface area contributed by atoms with Gasteiger partial charge >= 0.3 is 11.9 Å². The average Bonchev–Trinajstić information content (AvgIpc) is 2.84. The zero-order valence-corrected chi connectivity index (χ0v) is 11.6. The number of carbonyl (C=O) groups is 3. The highest BCUT2D eigenvalue weighted by atomic mass is 32.2. The van der Waals surface area contributed by atoms with Crippen molar-refractivity contribution < 1.29 is 23.9 Å². The maximum Gasteiger partial charge on any atom is 0.337 e. The van der Waals surface area contributed by atoms with E-state index in [1.54, 1.807) is 0 Å². The molecule has 0 aromatic heterocycles. The first-order valence-electron chi connectivity index (χ1n) is 5.91. The van der Waals surface area contributed by atoms with E-state index in [-0.39, 0.29) is 11.8 Å². The largest absolute Gasteiger partial charge is 0.465 e. The molecule has 1 aliphatic heterocycles. The molecular formula is C13H13NO5S. The number of nitrogens with zero attached hydrogens (tertiary/aromatic N) is 1. The van der Waals surface area contributed by atoms with Gasteiger partial charge in [-0.2, -0.15) is 0 Å². The number of carbonyl (C=O) groups excluding carboxylic acids is 3. The second-order valence-corrected chi connectivity index (χ2v) is 5.07. The highest BCUT2D eigenvalue weighted by molar-refractivity contribution is 8.13. The summed E-state index contributed by atoms with van der Waals surface area (Å²) in [5.74, 6) is 0.0520. The monoisotopic (exact) mass is 295 g/mol. The van der Waals surface area contributed by atoms with Crippen LogP contribution in [0.4, 0.5) is 4.79 Å². The summed E-state index contributed by atoms with van der Waals surface area (Å²) in [4.78, 5) is 35.7. The standard InChI is InChI=1S/C13H13NO5S/c1-18-12(16)9-2-4-10(5-3-9)19-11(15)8-14-6-7-20-13(14)17/h2-5H,6-8H2,1H3. The molecular weight excluding hydrogens is 282 g/mol. The fourth-order valence-electron chi connectivity index (χ4n) is 1.67. The first kappa shape index (κ1) is 14.4. The predicted octanol–water partition coefficient (Wildman–Crippen LogP) is 1.55. The Morgan fingerprint density at radius 3 is 2.55 bits per heavy atom. The number of rotatable bonds is 4. The number of hydrogen-bond donors (Lipinski definition) is 0. The molecule has 1 aromatic rings. The van der Waals surface area contributed by atoms with Crippen LogP contribution in [0.2, 0.25) is 0 Å². The maximum atomic E-state index is 11.7. The topological polar surface area (TPSA) is 72.9 Å². The summed E-state index contributed by atoms with van der Waals surface area (Å²) < 4.78 is 9.66. The summed E-state index contributed by atoms with van der Waals surface area (Å²) in [7, 11) is 1.29. The Bertz CT molecular complexity index is 528. The molecule has 1 heterocycles. The molecule has 1 saturated heterocycles. The van der Waals surface area contributed by atoms with E-state index in [1.165, 1.54) is 48.0 Å². The lowest BCUT2D eigenvalue weighted by Gasteiger charge is -2.13. The van der Waals surface area contributed by atoms with Gasteiger partial charge < -0.3 is 14.4 Å². The third-order valence-electron chi connectivity index (χ3n) is 2.67. The summed E-state index contributed by atoms with van der Waals surface area (Å²) in [6, 6.07) is 6.02. The van der Waals surface area contributed by atoms with E-state index in [2.05, 4.69) is 4.74 Å². The summed E-state index contributed by atoms with van der Waals surface area (Å²) >= 11 is 1.19. The van der Waals surface area contributed by atoms with Gasteiger partial charge in [0, 0.05) is 12.3 Å². The van der Waals surface area contributed by atoms with Gasteiger partial charge in [-0.3, -0.25) is 4.79 Å². The van der Waals surface area contributed by atoms with Crippen molar-refractivity contribution in [3.05, 3.63) is 29.8 Å². The van der Waals surface area contributed by atoms with Crippen molar-refractivity contribution in [2.24, 2.45) is 0 Å². The Morgan fingerprint density at radius 1 is 1.30 bits per heavy atom. The molecule has 1 amide bonds. The van der Waals surface area contributed by atoms with Gasteiger partial charge in [-0.05, 0) is 24.3 Å². The lowest BCUT2D eigenvalue weighted by atomic mass is 10.2. The first-order valence-corrected chi connectivity index (χ1v) is 6.89. The van der Waals surface area contributed by atoms with Gasteiger partial charge in [0.05, 0.1) is 12.7 Å². The number of hydrogen-bond acceptors (Lipinski definition) is 6. The number of esters is 2. The third kappa shape index (κ3) is 3.51. The van der Waals surface area contributed by atoms with Crippen molar-refractivity contribution in [3.8, 4) is 5.75 Å². The Balaban J connectivity index is 1.91. The molecule has 20 heavy (non-hydrogen) atoms. The van der Waals surface area contributed by atoms with E-state index in [1.807, 2.05) is 0 Å². The number of amides is 1. The molecule has 1 aromatic carbocycles. The van der Waals surface area contributed by atoms with Gasteiger partial charge in [-0.1, -0.05) is 11.8 Å². The molecule has 0 unspecified atom stereocenters. The van der Waals surface area contributed by atoms with Crippen molar-refractivity contribution in [1.82, 2.24) is 4.90 Å². The molecule has 0 aliphatic carbocycles. The van der Waals surface area contributed by atoms with Gasteiger partial charge in [-0.25, -0.2) is 9.59 Å². The lowest BCUT2D eigenvalue weighted by Crippen LogP contribution is -2.32. The van der Waals surface area contributed by atoms with E-state index >= 15 is 0 Å². The predicted molar refractivity (Wildman–Crippen MR) is 72.8 cm³/mol. The van der Waals surface area contributed by atoms with Crippen LogP contribution in [-0.2, 0) is 9.53 Å². The summed E-state index contributed by atoms with van der Waals surface area (Å²) in [6.07, 6.45) is 0. The average molecular weight is 295 g/mol. The smallest absolute Gasteiger partial charge is 0.337 e. The van der Waals surface area contributed by atoms with Crippen molar-refractivity contribution in [2.45, 2.75) is 0 Å². The molecule has 1 fully saturated rings. The quantitative estimate of drug-likeness (QED) is 0.620. The molecule has 2 rings (SSSR count). The summed E-state index contributed by atoms with van der Waals surface area (Å²) in [6.45, 7) is 0.491. The van der Waals surface area contributed by atoms with Gasteiger partial charge in [0.1, 0.15) is 12.3 Å². The first-order chi connectivity index (χ1) is 9.60. The molecule has 0 bridgehead atoms. The van der Waals surface area contributed by atoms with Crippen LogP contribution in [0.15, 0.2) is 24.3 Å². The van der Waals surface area contributed by atoms with E-state index < -0.39 is 11.9 Å². The van der Waals surface area contributed by atoms with E-state index in [0.29, 0.717) is 23.6 Å². The van der Waals surface area contributed by atoms with Crippen LogP contribution < -0.4 is 4.74 Å². The van der Waals surface area contributed by atoms with Crippen molar-refractivity contribution in [2.75, 3.05) is 26.0 Å².